The molecular formula is C22H25FN2O2. The van der Waals surface area contributed by atoms with Crippen LogP contribution >= 0.6 is 0 Å². The van der Waals surface area contributed by atoms with Crippen LogP contribution in [-0.2, 0) is 0 Å². The minimum absolute atomic E-state index is 0.0899. The Kier molecular flexibility index (Phi) is 4.64. The van der Waals surface area contributed by atoms with E-state index in [9.17, 15) is 14.3 Å². The number of benzene rings is 1. The molecule has 0 aromatic heterocycles. The van der Waals surface area contributed by atoms with E-state index in [-0.39, 0.29) is 22.6 Å². The third-order valence-corrected chi connectivity index (χ3v) is 6.24. The second-order valence-corrected chi connectivity index (χ2v) is 7.62. The molecule has 0 bridgehead atoms. The molecule has 0 saturated carbocycles. The number of halogens is 1. The van der Waals surface area contributed by atoms with E-state index < -0.39 is 5.82 Å². The van der Waals surface area contributed by atoms with E-state index in [1.165, 1.54) is 11.6 Å². The first-order valence-electron chi connectivity index (χ1n) is 9.64. The van der Waals surface area contributed by atoms with Crippen LogP contribution in [0.2, 0.25) is 0 Å². The quantitative estimate of drug-likeness (QED) is 0.857. The van der Waals surface area contributed by atoms with E-state index in [4.69, 9.17) is 0 Å². The van der Waals surface area contributed by atoms with Crippen LogP contribution in [0.4, 0.5) is 4.39 Å². The molecule has 5 heteroatoms. The van der Waals surface area contributed by atoms with Gasteiger partial charge < -0.3 is 14.9 Å². The molecule has 1 saturated heterocycles. The summed E-state index contributed by atoms with van der Waals surface area (Å²) in [7, 11) is 0. The Morgan fingerprint density at radius 3 is 2.67 bits per heavy atom. The van der Waals surface area contributed by atoms with Gasteiger partial charge in [0.25, 0.3) is 5.91 Å². The summed E-state index contributed by atoms with van der Waals surface area (Å²) < 4.78 is 14.3. The fourth-order valence-corrected chi connectivity index (χ4v) is 4.59. The molecule has 4 rings (SSSR count). The Hall–Kier alpha value is -2.40. The summed E-state index contributed by atoms with van der Waals surface area (Å²) >= 11 is 0. The molecule has 0 unspecified atom stereocenters. The number of hydrogen-bond acceptors (Lipinski definition) is 3. The minimum atomic E-state index is -0.495. The maximum Gasteiger partial charge on any atom is 0.261 e. The van der Waals surface area contributed by atoms with Gasteiger partial charge in [0.2, 0.25) is 0 Å². The van der Waals surface area contributed by atoms with E-state index in [1.54, 1.807) is 29.2 Å². The monoisotopic (exact) mass is 368 g/mol. The number of allylic oxidation sites excluding steroid dienone is 3. The molecule has 27 heavy (non-hydrogen) atoms. The summed E-state index contributed by atoms with van der Waals surface area (Å²) in [5, 5.41) is 9.97. The Labute approximate surface area is 159 Å². The lowest BCUT2D eigenvalue weighted by atomic mass is 9.72. The fraction of sp³-hybridized carbons (Fsp3) is 0.409. The van der Waals surface area contributed by atoms with Crippen molar-refractivity contribution in [3.05, 3.63) is 70.9 Å². The van der Waals surface area contributed by atoms with Gasteiger partial charge in [-0.3, -0.25) is 4.79 Å². The number of amides is 1. The highest BCUT2D eigenvalue weighted by Gasteiger charge is 2.47. The zero-order valence-corrected chi connectivity index (χ0v) is 15.6. The molecule has 1 aromatic carbocycles. The molecule has 2 heterocycles. The molecule has 2 aliphatic heterocycles. The highest BCUT2D eigenvalue weighted by molar-refractivity contribution is 5.96. The van der Waals surface area contributed by atoms with Gasteiger partial charge in [0, 0.05) is 17.7 Å². The first kappa shape index (κ1) is 18.0. The van der Waals surface area contributed by atoms with Crippen molar-refractivity contribution in [2.75, 3.05) is 26.2 Å². The third kappa shape index (κ3) is 3.10. The van der Waals surface area contributed by atoms with Crippen molar-refractivity contribution < 1.29 is 14.3 Å². The molecule has 142 valence electrons. The van der Waals surface area contributed by atoms with Crippen molar-refractivity contribution in [3.63, 3.8) is 0 Å². The van der Waals surface area contributed by atoms with Crippen LogP contribution in [0, 0.1) is 11.2 Å². The van der Waals surface area contributed by atoms with Crippen molar-refractivity contribution >= 4 is 5.91 Å². The number of aliphatic hydroxyl groups excluding tert-OH is 1. The number of rotatable bonds is 2. The molecule has 1 fully saturated rings. The Morgan fingerprint density at radius 2 is 1.96 bits per heavy atom. The number of carbonyl (C=O) groups excluding carboxylic acids is 1. The summed E-state index contributed by atoms with van der Waals surface area (Å²) in [4.78, 5) is 17.3. The molecule has 0 atom stereocenters. The van der Waals surface area contributed by atoms with Crippen LogP contribution in [0.1, 0.15) is 36.5 Å². The van der Waals surface area contributed by atoms with E-state index in [2.05, 4.69) is 11.8 Å². The molecular weight excluding hydrogens is 343 g/mol. The largest absolute Gasteiger partial charge is 0.508 e. The van der Waals surface area contributed by atoms with Crippen LogP contribution in [0.3, 0.4) is 0 Å². The van der Waals surface area contributed by atoms with Gasteiger partial charge in [-0.2, -0.15) is 0 Å². The SMILES string of the molecule is CCN1CCC2(CC1)CN(C(=O)c1ccccc1F)C1=C2CC=C(O)C=C1. The lowest BCUT2D eigenvalue weighted by Crippen LogP contribution is -2.44. The normalized spacial score (nSPS) is 22.0. The molecule has 1 aromatic rings. The van der Waals surface area contributed by atoms with Gasteiger partial charge in [-0.05, 0) is 74.8 Å². The maximum absolute atomic E-state index is 14.3. The predicted molar refractivity (Wildman–Crippen MR) is 103 cm³/mol. The van der Waals surface area contributed by atoms with Gasteiger partial charge in [-0.25, -0.2) is 4.39 Å². The molecule has 0 radical (unpaired) electrons. The van der Waals surface area contributed by atoms with E-state index in [1.807, 2.05) is 12.2 Å². The number of fused-ring (bicyclic) bond motifs is 1. The van der Waals surface area contributed by atoms with Crippen LogP contribution < -0.4 is 0 Å². The number of nitrogens with zero attached hydrogens (tertiary/aromatic N) is 2. The Morgan fingerprint density at radius 1 is 1.22 bits per heavy atom. The molecule has 4 nitrogen and oxygen atoms in total. The van der Waals surface area contributed by atoms with Crippen LogP contribution in [0.15, 0.2) is 59.5 Å². The molecule has 1 amide bonds. The highest BCUT2D eigenvalue weighted by Crippen LogP contribution is 2.49. The smallest absolute Gasteiger partial charge is 0.261 e. The van der Waals surface area contributed by atoms with Crippen molar-refractivity contribution in [2.24, 2.45) is 5.41 Å². The highest BCUT2D eigenvalue weighted by atomic mass is 19.1. The van der Waals surface area contributed by atoms with Gasteiger partial charge in [0.05, 0.1) is 5.56 Å². The van der Waals surface area contributed by atoms with Gasteiger partial charge in [0.1, 0.15) is 11.6 Å². The van der Waals surface area contributed by atoms with Gasteiger partial charge in [-0.15, -0.1) is 0 Å². The Bertz CT molecular complexity index is 848. The minimum Gasteiger partial charge on any atom is -0.508 e. The van der Waals surface area contributed by atoms with Gasteiger partial charge >= 0.3 is 0 Å². The predicted octanol–water partition coefficient (Wildman–Crippen LogP) is 4.04. The molecule has 3 aliphatic rings. The molecule has 1 aliphatic carbocycles. The Balaban J connectivity index is 1.72. The fourth-order valence-electron chi connectivity index (χ4n) is 4.59. The second-order valence-electron chi connectivity index (χ2n) is 7.62. The first-order chi connectivity index (χ1) is 13.0. The second kappa shape index (κ2) is 6.97. The third-order valence-electron chi connectivity index (χ3n) is 6.24. The summed E-state index contributed by atoms with van der Waals surface area (Å²) in [6.07, 6.45) is 7.83. The summed E-state index contributed by atoms with van der Waals surface area (Å²) in [5.41, 5.74) is 2.03. The molecule has 1 spiro atoms. The van der Waals surface area contributed by atoms with Crippen molar-refractivity contribution in [1.82, 2.24) is 9.80 Å². The molecule has 1 N–H and O–H groups in total. The number of carbonyl (C=O) groups is 1. The summed E-state index contributed by atoms with van der Waals surface area (Å²) in [6, 6.07) is 6.15. The number of piperidine rings is 1. The number of aliphatic hydroxyl groups is 1. The maximum atomic E-state index is 14.3. The standard InChI is InChI=1S/C22H25FN2O2/c1-2-24-13-11-22(12-14-24)15-25(20-10-8-16(26)7-9-18(20)22)21(27)17-5-3-4-6-19(17)23/h3-8,10,26H,2,9,11-15H2,1H3. The summed E-state index contributed by atoms with van der Waals surface area (Å²) in [6.45, 7) is 5.77. The van der Waals surface area contributed by atoms with Crippen molar-refractivity contribution in [3.8, 4) is 0 Å². The van der Waals surface area contributed by atoms with Crippen LogP contribution in [-0.4, -0.2) is 47.0 Å². The average molecular weight is 368 g/mol. The van der Waals surface area contributed by atoms with Crippen LogP contribution in [0.5, 0.6) is 0 Å². The zero-order valence-electron chi connectivity index (χ0n) is 15.6. The van der Waals surface area contributed by atoms with Crippen LogP contribution in [0.25, 0.3) is 0 Å². The average Bonchev–Trinajstić information content (AvgIpc) is 2.83. The van der Waals surface area contributed by atoms with E-state index in [0.29, 0.717) is 13.0 Å². The zero-order chi connectivity index (χ0) is 19.0. The topological polar surface area (TPSA) is 43.8 Å². The lowest BCUT2D eigenvalue weighted by Gasteiger charge is -2.41. The number of likely N-dealkylation sites (tertiary alicyclic amines) is 1. The van der Waals surface area contributed by atoms with Gasteiger partial charge in [-0.1, -0.05) is 19.1 Å². The van der Waals surface area contributed by atoms with Crippen molar-refractivity contribution in [2.45, 2.75) is 26.2 Å². The first-order valence-corrected chi connectivity index (χ1v) is 9.64. The van der Waals surface area contributed by atoms with Crippen molar-refractivity contribution in [1.29, 1.82) is 0 Å². The van der Waals surface area contributed by atoms with Gasteiger partial charge in [0.15, 0.2) is 0 Å². The van der Waals surface area contributed by atoms with E-state index in [0.717, 1.165) is 38.2 Å². The lowest BCUT2D eigenvalue weighted by molar-refractivity contribution is 0.0733. The number of hydrogen-bond donors (Lipinski definition) is 1. The van der Waals surface area contributed by atoms with E-state index >= 15 is 0 Å². The summed E-state index contributed by atoms with van der Waals surface area (Å²) in [5.74, 6) is -0.588.